The Morgan fingerprint density at radius 1 is 1.33 bits per heavy atom. The monoisotopic (exact) mass is 224 g/mol. The van der Waals surface area contributed by atoms with Crippen molar-refractivity contribution in [3.63, 3.8) is 0 Å². The van der Waals surface area contributed by atoms with Crippen molar-refractivity contribution in [1.82, 2.24) is 9.97 Å². The molecule has 82 valence electrons. The predicted octanol–water partition coefficient (Wildman–Crippen LogP) is 3.51. The van der Waals surface area contributed by atoms with E-state index < -0.39 is 0 Å². The molecule has 1 heterocycles. The van der Waals surface area contributed by atoms with E-state index in [4.69, 9.17) is 11.6 Å². The molecule has 2 nitrogen and oxygen atoms in total. The fourth-order valence-corrected chi connectivity index (χ4v) is 2.35. The van der Waals surface area contributed by atoms with Crippen molar-refractivity contribution in [2.75, 3.05) is 0 Å². The van der Waals surface area contributed by atoms with Crippen LogP contribution in [0.5, 0.6) is 0 Å². The first kappa shape index (κ1) is 10.9. The number of rotatable bonds is 2. The summed E-state index contributed by atoms with van der Waals surface area (Å²) in [5.41, 5.74) is 0.945. The van der Waals surface area contributed by atoms with Crippen molar-refractivity contribution in [1.29, 1.82) is 0 Å². The Bertz CT molecular complexity index is 319. The van der Waals surface area contributed by atoms with Crippen LogP contribution < -0.4 is 0 Å². The highest BCUT2D eigenvalue weighted by atomic mass is 35.5. The van der Waals surface area contributed by atoms with E-state index in [2.05, 4.69) is 16.9 Å². The zero-order valence-corrected chi connectivity index (χ0v) is 9.87. The lowest BCUT2D eigenvalue weighted by molar-refractivity contribution is 0.339. The highest BCUT2D eigenvalue weighted by Gasteiger charge is 2.21. The Morgan fingerprint density at radius 3 is 2.73 bits per heavy atom. The summed E-state index contributed by atoms with van der Waals surface area (Å²) >= 11 is 5.77. The van der Waals surface area contributed by atoms with Gasteiger partial charge in [-0.25, -0.2) is 9.97 Å². The molecule has 3 heteroatoms. The molecule has 0 unspecified atom stereocenters. The molecule has 0 spiro atoms. The van der Waals surface area contributed by atoms with Gasteiger partial charge in [-0.05, 0) is 24.8 Å². The molecule has 0 amide bonds. The van der Waals surface area contributed by atoms with E-state index in [-0.39, 0.29) is 0 Å². The van der Waals surface area contributed by atoms with E-state index in [1.165, 1.54) is 25.7 Å². The lowest BCUT2D eigenvalue weighted by atomic mass is 9.82. The summed E-state index contributed by atoms with van der Waals surface area (Å²) in [6, 6.07) is 1.89. The largest absolute Gasteiger partial charge is 0.241 e. The average molecular weight is 225 g/mol. The van der Waals surface area contributed by atoms with Crippen LogP contribution in [0.1, 0.15) is 50.0 Å². The topological polar surface area (TPSA) is 25.8 Å². The second-order valence-electron chi connectivity index (χ2n) is 4.50. The summed E-state index contributed by atoms with van der Waals surface area (Å²) < 4.78 is 0. The van der Waals surface area contributed by atoms with Crippen LogP contribution in [0.2, 0.25) is 0 Å². The van der Waals surface area contributed by atoms with E-state index in [9.17, 15) is 0 Å². The van der Waals surface area contributed by atoms with Gasteiger partial charge in [0.25, 0.3) is 0 Å². The first-order valence-corrected chi connectivity index (χ1v) is 6.21. The first-order chi connectivity index (χ1) is 7.29. The Balaban J connectivity index is 2.08. The zero-order valence-electron chi connectivity index (χ0n) is 9.12. The maximum Gasteiger partial charge on any atom is 0.131 e. The minimum absolute atomic E-state index is 0.485. The fraction of sp³-hybridized carbons (Fsp3) is 0.667. The number of alkyl halides is 1. The average Bonchev–Trinajstić information content (AvgIpc) is 2.30. The molecule has 0 saturated heterocycles. The standard InChI is InChI=1S/C12H17ClN2/c1-9-2-4-10(5-3-9)12-14-7-6-11(8-13)15-12/h6-7,9-10H,2-5,8H2,1H3. The van der Waals surface area contributed by atoms with Crippen LogP contribution in [0.4, 0.5) is 0 Å². The molecule has 1 aliphatic carbocycles. The van der Waals surface area contributed by atoms with E-state index in [1.807, 2.05) is 12.3 Å². The van der Waals surface area contributed by atoms with Crippen LogP contribution in [-0.4, -0.2) is 9.97 Å². The summed E-state index contributed by atoms with van der Waals surface area (Å²) in [5.74, 6) is 2.92. The smallest absolute Gasteiger partial charge is 0.131 e. The summed E-state index contributed by atoms with van der Waals surface area (Å²) in [4.78, 5) is 8.86. The summed E-state index contributed by atoms with van der Waals surface area (Å²) in [5, 5.41) is 0. The van der Waals surface area contributed by atoms with Gasteiger partial charge in [-0.15, -0.1) is 11.6 Å². The SMILES string of the molecule is CC1CCC(c2nccc(CCl)n2)CC1. The lowest BCUT2D eigenvalue weighted by Crippen LogP contribution is -2.13. The van der Waals surface area contributed by atoms with Gasteiger partial charge >= 0.3 is 0 Å². The molecule has 1 aromatic rings. The van der Waals surface area contributed by atoms with Crippen molar-refractivity contribution in [3.05, 3.63) is 23.8 Å². The summed E-state index contributed by atoms with van der Waals surface area (Å²) in [6.07, 6.45) is 6.90. The van der Waals surface area contributed by atoms with Crippen LogP contribution in [0.3, 0.4) is 0 Å². The predicted molar refractivity (Wildman–Crippen MR) is 62.0 cm³/mol. The third-order valence-electron chi connectivity index (χ3n) is 3.25. The van der Waals surface area contributed by atoms with Gasteiger partial charge in [0, 0.05) is 12.1 Å². The zero-order chi connectivity index (χ0) is 10.7. The molecule has 1 saturated carbocycles. The minimum Gasteiger partial charge on any atom is -0.241 e. The molecule has 0 radical (unpaired) electrons. The number of halogens is 1. The van der Waals surface area contributed by atoms with Gasteiger partial charge in [0.2, 0.25) is 0 Å². The van der Waals surface area contributed by atoms with Gasteiger partial charge in [0.05, 0.1) is 11.6 Å². The van der Waals surface area contributed by atoms with Crippen molar-refractivity contribution < 1.29 is 0 Å². The maximum atomic E-state index is 5.77. The Kier molecular flexibility index (Phi) is 3.57. The second-order valence-corrected chi connectivity index (χ2v) is 4.76. The maximum absolute atomic E-state index is 5.77. The van der Waals surface area contributed by atoms with Crippen LogP contribution in [0, 0.1) is 5.92 Å². The Morgan fingerprint density at radius 2 is 2.07 bits per heavy atom. The summed E-state index contributed by atoms with van der Waals surface area (Å²) in [7, 11) is 0. The molecule has 1 aromatic heterocycles. The van der Waals surface area contributed by atoms with Crippen molar-refractivity contribution in [3.8, 4) is 0 Å². The van der Waals surface area contributed by atoms with Gasteiger partial charge in [0.1, 0.15) is 5.82 Å². The Hall–Kier alpha value is -0.630. The highest BCUT2D eigenvalue weighted by Crippen LogP contribution is 2.33. The molecule has 1 aliphatic rings. The molecule has 0 bridgehead atoms. The second kappa shape index (κ2) is 4.93. The van der Waals surface area contributed by atoms with Crippen LogP contribution >= 0.6 is 11.6 Å². The molecule has 2 rings (SSSR count). The molecule has 0 N–H and O–H groups in total. The van der Waals surface area contributed by atoms with Gasteiger partial charge in [-0.3, -0.25) is 0 Å². The van der Waals surface area contributed by atoms with Gasteiger partial charge in [-0.2, -0.15) is 0 Å². The van der Waals surface area contributed by atoms with Crippen LogP contribution in [-0.2, 0) is 5.88 Å². The van der Waals surface area contributed by atoms with Gasteiger partial charge < -0.3 is 0 Å². The molecule has 15 heavy (non-hydrogen) atoms. The van der Waals surface area contributed by atoms with Crippen molar-refractivity contribution in [2.45, 2.75) is 44.4 Å². The van der Waals surface area contributed by atoms with Crippen molar-refractivity contribution in [2.24, 2.45) is 5.92 Å². The van der Waals surface area contributed by atoms with Gasteiger partial charge in [-0.1, -0.05) is 19.8 Å². The number of aromatic nitrogens is 2. The highest BCUT2D eigenvalue weighted by molar-refractivity contribution is 6.16. The number of hydrogen-bond acceptors (Lipinski definition) is 2. The normalized spacial score (nSPS) is 26.5. The lowest BCUT2D eigenvalue weighted by Gasteiger charge is -2.24. The van der Waals surface area contributed by atoms with Crippen LogP contribution in [0.25, 0.3) is 0 Å². The minimum atomic E-state index is 0.485. The van der Waals surface area contributed by atoms with Crippen LogP contribution in [0.15, 0.2) is 12.3 Å². The molecular formula is C12H17ClN2. The van der Waals surface area contributed by atoms with E-state index in [0.29, 0.717) is 11.8 Å². The summed E-state index contributed by atoms with van der Waals surface area (Å²) in [6.45, 7) is 2.33. The van der Waals surface area contributed by atoms with Gasteiger partial charge in [0.15, 0.2) is 0 Å². The third-order valence-corrected chi connectivity index (χ3v) is 3.52. The molecular weight excluding hydrogens is 208 g/mol. The Labute approximate surface area is 96.1 Å². The molecule has 1 fully saturated rings. The van der Waals surface area contributed by atoms with E-state index in [1.54, 1.807) is 0 Å². The quantitative estimate of drug-likeness (QED) is 0.719. The molecule has 0 atom stereocenters. The van der Waals surface area contributed by atoms with Crippen molar-refractivity contribution >= 4 is 11.6 Å². The molecule has 0 aliphatic heterocycles. The van der Waals surface area contributed by atoms with E-state index >= 15 is 0 Å². The number of hydrogen-bond donors (Lipinski definition) is 0. The fourth-order valence-electron chi connectivity index (χ4n) is 2.20. The number of nitrogens with zero attached hydrogens (tertiary/aromatic N) is 2. The third kappa shape index (κ3) is 2.69. The van der Waals surface area contributed by atoms with E-state index in [0.717, 1.165) is 17.4 Å². The molecule has 0 aromatic carbocycles. The first-order valence-electron chi connectivity index (χ1n) is 5.67.